The van der Waals surface area contributed by atoms with Gasteiger partial charge in [-0.3, -0.25) is 4.79 Å². The Bertz CT molecular complexity index is 531. The molecule has 0 bridgehead atoms. The van der Waals surface area contributed by atoms with Crippen molar-refractivity contribution in [1.29, 1.82) is 0 Å². The van der Waals surface area contributed by atoms with E-state index in [1.54, 1.807) is 0 Å². The molecule has 1 aliphatic carbocycles. The zero-order valence-electron chi connectivity index (χ0n) is 12.6. The molecule has 2 aliphatic rings. The third-order valence-electron chi connectivity index (χ3n) is 4.81. The van der Waals surface area contributed by atoms with Gasteiger partial charge in [0.05, 0.1) is 5.54 Å². The van der Waals surface area contributed by atoms with Crippen molar-refractivity contribution in [3.63, 3.8) is 0 Å². The number of carbonyl (C=O) groups is 1. The third-order valence-corrected chi connectivity index (χ3v) is 5.44. The van der Waals surface area contributed by atoms with Gasteiger partial charge in [0, 0.05) is 22.0 Å². The van der Waals surface area contributed by atoms with Crippen molar-refractivity contribution >= 4 is 29.1 Å². The molecule has 0 radical (unpaired) electrons. The van der Waals surface area contributed by atoms with E-state index in [1.807, 2.05) is 18.2 Å². The lowest BCUT2D eigenvalue weighted by Gasteiger charge is -2.24. The zero-order chi connectivity index (χ0) is 15.6. The number of hydrogen-bond donors (Lipinski definition) is 2. The van der Waals surface area contributed by atoms with Crippen LogP contribution in [0, 0.1) is 5.92 Å². The highest BCUT2D eigenvalue weighted by atomic mass is 35.5. The first kappa shape index (κ1) is 16.1. The van der Waals surface area contributed by atoms with Crippen molar-refractivity contribution in [3.05, 3.63) is 33.8 Å². The summed E-state index contributed by atoms with van der Waals surface area (Å²) < 4.78 is 0. The van der Waals surface area contributed by atoms with Gasteiger partial charge in [0.25, 0.3) is 0 Å². The molecule has 1 heterocycles. The van der Waals surface area contributed by atoms with Gasteiger partial charge < -0.3 is 10.6 Å². The van der Waals surface area contributed by atoms with E-state index in [0.717, 1.165) is 37.9 Å². The topological polar surface area (TPSA) is 41.1 Å². The molecule has 1 saturated carbocycles. The predicted octanol–water partition coefficient (Wildman–Crippen LogP) is 3.88. The van der Waals surface area contributed by atoms with Crippen LogP contribution in [-0.4, -0.2) is 19.0 Å². The molecular weight excluding hydrogens is 319 g/mol. The van der Waals surface area contributed by atoms with Gasteiger partial charge in [0.1, 0.15) is 0 Å². The molecule has 3 rings (SSSR count). The molecule has 0 atom stereocenters. The maximum Gasteiger partial charge on any atom is 0.220 e. The molecular formula is C17H22Cl2N2O. The second kappa shape index (κ2) is 6.77. The quantitative estimate of drug-likeness (QED) is 0.853. The zero-order valence-corrected chi connectivity index (χ0v) is 14.1. The third kappa shape index (κ3) is 3.58. The monoisotopic (exact) mass is 340 g/mol. The standard InChI is InChI=1S/C17H22Cl2N2O/c18-13-2-1-3-14(19)16(13)17(8-9-17)21-15(22)5-4-12-6-10-20-11-7-12/h1-3,12,20H,4-11H2,(H,21,22). The van der Waals surface area contributed by atoms with Crippen molar-refractivity contribution in [2.24, 2.45) is 5.92 Å². The smallest absolute Gasteiger partial charge is 0.220 e. The van der Waals surface area contributed by atoms with Crippen molar-refractivity contribution in [1.82, 2.24) is 10.6 Å². The van der Waals surface area contributed by atoms with Crippen LogP contribution in [0.25, 0.3) is 0 Å². The van der Waals surface area contributed by atoms with Crippen LogP contribution in [0.1, 0.15) is 44.1 Å². The molecule has 0 unspecified atom stereocenters. The van der Waals surface area contributed by atoms with E-state index < -0.39 is 0 Å². The Morgan fingerprint density at radius 3 is 2.45 bits per heavy atom. The highest BCUT2D eigenvalue weighted by molar-refractivity contribution is 6.36. The molecule has 1 aliphatic heterocycles. The van der Waals surface area contributed by atoms with Gasteiger partial charge in [-0.2, -0.15) is 0 Å². The van der Waals surface area contributed by atoms with E-state index in [2.05, 4.69) is 10.6 Å². The first-order valence-electron chi connectivity index (χ1n) is 8.07. The molecule has 1 aromatic carbocycles. The summed E-state index contributed by atoms with van der Waals surface area (Å²) in [6.45, 7) is 2.15. The number of benzene rings is 1. The fourth-order valence-corrected chi connectivity index (χ4v) is 4.11. The number of halogens is 2. The summed E-state index contributed by atoms with van der Waals surface area (Å²) in [4.78, 5) is 12.3. The van der Waals surface area contributed by atoms with E-state index in [-0.39, 0.29) is 11.4 Å². The van der Waals surface area contributed by atoms with Crippen LogP contribution in [0.5, 0.6) is 0 Å². The lowest BCUT2D eigenvalue weighted by Crippen LogP contribution is -2.36. The number of hydrogen-bond acceptors (Lipinski definition) is 2. The number of piperidine rings is 1. The molecule has 0 aromatic heterocycles. The summed E-state index contributed by atoms with van der Waals surface area (Å²) in [7, 11) is 0. The SMILES string of the molecule is O=C(CCC1CCNCC1)NC1(c2c(Cl)cccc2Cl)CC1. The minimum Gasteiger partial charge on any atom is -0.346 e. The maximum absolute atomic E-state index is 12.3. The van der Waals surface area contributed by atoms with Gasteiger partial charge in [-0.15, -0.1) is 0 Å². The van der Waals surface area contributed by atoms with Crippen molar-refractivity contribution in [2.45, 2.75) is 44.1 Å². The molecule has 0 spiro atoms. The van der Waals surface area contributed by atoms with Crippen LogP contribution < -0.4 is 10.6 Å². The second-order valence-electron chi connectivity index (χ2n) is 6.46. The minimum absolute atomic E-state index is 0.118. The highest BCUT2D eigenvalue weighted by Gasteiger charge is 2.48. The largest absolute Gasteiger partial charge is 0.346 e. The Morgan fingerprint density at radius 1 is 1.23 bits per heavy atom. The van der Waals surface area contributed by atoms with Crippen LogP contribution in [-0.2, 0) is 10.3 Å². The molecule has 1 amide bonds. The molecule has 5 heteroatoms. The Labute approximate surface area is 141 Å². The molecule has 1 saturated heterocycles. The second-order valence-corrected chi connectivity index (χ2v) is 7.27. The summed E-state index contributed by atoms with van der Waals surface area (Å²) >= 11 is 12.6. The summed E-state index contributed by atoms with van der Waals surface area (Å²) in [5.74, 6) is 0.790. The van der Waals surface area contributed by atoms with Gasteiger partial charge in [-0.1, -0.05) is 29.3 Å². The lowest BCUT2D eigenvalue weighted by molar-refractivity contribution is -0.122. The normalized spacial score (nSPS) is 20.6. The van der Waals surface area contributed by atoms with E-state index >= 15 is 0 Å². The fraction of sp³-hybridized carbons (Fsp3) is 0.588. The van der Waals surface area contributed by atoms with Gasteiger partial charge >= 0.3 is 0 Å². The Morgan fingerprint density at radius 2 is 1.86 bits per heavy atom. The minimum atomic E-state index is -0.333. The van der Waals surface area contributed by atoms with Crippen LogP contribution in [0.3, 0.4) is 0 Å². The molecule has 1 aromatic rings. The first-order valence-corrected chi connectivity index (χ1v) is 8.82. The van der Waals surface area contributed by atoms with Crippen LogP contribution in [0.2, 0.25) is 10.0 Å². The Hall–Kier alpha value is -0.770. The molecule has 120 valence electrons. The van der Waals surface area contributed by atoms with Gasteiger partial charge in [0.15, 0.2) is 0 Å². The number of amides is 1. The first-order chi connectivity index (χ1) is 10.6. The van der Waals surface area contributed by atoms with E-state index in [1.165, 1.54) is 12.8 Å². The molecule has 2 fully saturated rings. The van der Waals surface area contributed by atoms with Gasteiger partial charge in [-0.05, 0) is 63.2 Å². The van der Waals surface area contributed by atoms with Gasteiger partial charge in [-0.25, -0.2) is 0 Å². The highest BCUT2D eigenvalue weighted by Crippen LogP contribution is 2.50. The summed E-state index contributed by atoms with van der Waals surface area (Å²) in [5.41, 5.74) is 0.550. The fourth-order valence-electron chi connectivity index (χ4n) is 3.35. The summed E-state index contributed by atoms with van der Waals surface area (Å²) in [5, 5.41) is 7.82. The van der Waals surface area contributed by atoms with Crippen LogP contribution in [0.15, 0.2) is 18.2 Å². The average Bonchev–Trinajstić information content (AvgIpc) is 3.26. The van der Waals surface area contributed by atoms with Crippen LogP contribution in [0.4, 0.5) is 0 Å². The summed E-state index contributed by atoms with van der Waals surface area (Å²) in [6, 6.07) is 5.51. The maximum atomic E-state index is 12.3. The molecule has 3 nitrogen and oxygen atoms in total. The van der Waals surface area contributed by atoms with E-state index in [0.29, 0.717) is 22.4 Å². The van der Waals surface area contributed by atoms with Crippen LogP contribution >= 0.6 is 23.2 Å². The van der Waals surface area contributed by atoms with E-state index in [9.17, 15) is 4.79 Å². The van der Waals surface area contributed by atoms with Crippen molar-refractivity contribution in [3.8, 4) is 0 Å². The van der Waals surface area contributed by atoms with Crippen molar-refractivity contribution in [2.75, 3.05) is 13.1 Å². The summed E-state index contributed by atoms with van der Waals surface area (Å²) in [6.07, 6.45) is 5.74. The Balaban J connectivity index is 1.59. The lowest BCUT2D eigenvalue weighted by atomic mass is 9.93. The predicted molar refractivity (Wildman–Crippen MR) is 90.3 cm³/mol. The van der Waals surface area contributed by atoms with Crippen molar-refractivity contribution < 1.29 is 4.79 Å². The molecule has 22 heavy (non-hydrogen) atoms. The average molecular weight is 341 g/mol. The number of carbonyl (C=O) groups excluding carboxylic acids is 1. The molecule has 2 N–H and O–H groups in total. The number of rotatable bonds is 5. The number of nitrogens with one attached hydrogen (secondary N) is 2. The Kier molecular flexibility index (Phi) is 4.96. The van der Waals surface area contributed by atoms with E-state index in [4.69, 9.17) is 23.2 Å². The van der Waals surface area contributed by atoms with Gasteiger partial charge in [0.2, 0.25) is 5.91 Å².